The average Bonchev–Trinajstić information content (AvgIpc) is 2.34. The van der Waals surface area contributed by atoms with Gasteiger partial charge in [-0.25, -0.2) is 0 Å². The van der Waals surface area contributed by atoms with Crippen LogP contribution in [0.15, 0.2) is 0 Å². The third-order valence-electron chi connectivity index (χ3n) is 4.26. The minimum Gasteiger partial charge on any atom is -0.377 e. The van der Waals surface area contributed by atoms with E-state index < -0.39 is 0 Å². The molecule has 0 aromatic carbocycles. The maximum Gasteiger partial charge on any atom is 0.0986 e. The SMILES string of the molecule is CCNC1CC(OCC2CCCCC2)C1OC. The molecule has 2 aliphatic carbocycles. The van der Waals surface area contributed by atoms with Crippen LogP contribution in [0.5, 0.6) is 0 Å². The fourth-order valence-corrected chi connectivity index (χ4v) is 3.14. The second-order valence-corrected chi connectivity index (χ2v) is 5.48. The normalized spacial score (nSPS) is 34.6. The smallest absolute Gasteiger partial charge is 0.0986 e. The molecule has 100 valence electrons. The van der Waals surface area contributed by atoms with Crippen LogP contribution in [0.1, 0.15) is 45.4 Å². The first-order valence-corrected chi connectivity index (χ1v) is 7.23. The second kappa shape index (κ2) is 6.72. The van der Waals surface area contributed by atoms with Gasteiger partial charge in [0.25, 0.3) is 0 Å². The number of rotatable bonds is 6. The van der Waals surface area contributed by atoms with Crippen molar-refractivity contribution in [1.82, 2.24) is 5.32 Å². The maximum atomic E-state index is 6.03. The fourth-order valence-electron chi connectivity index (χ4n) is 3.14. The van der Waals surface area contributed by atoms with E-state index in [1.165, 1.54) is 32.1 Å². The molecule has 17 heavy (non-hydrogen) atoms. The molecule has 3 atom stereocenters. The third kappa shape index (κ3) is 3.43. The van der Waals surface area contributed by atoms with Gasteiger partial charge in [0.05, 0.1) is 12.2 Å². The Morgan fingerprint density at radius 3 is 2.59 bits per heavy atom. The van der Waals surface area contributed by atoms with Crippen LogP contribution in [0.2, 0.25) is 0 Å². The predicted octanol–water partition coefficient (Wildman–Crippen LogP) is 2.35. The highest BCUT2D eigenvalue weighted by atomic mass is 16.5. The molecule has 3 nitrogen and oxygen atoms in total. The van der Waals surface area contributed by atoms with Crippen LogP contribution < -0.4 is 5.32 Å². The predicted molar refractivity (Wildman–Crippen MR) is 69.2 cm³/mol. The molecule has 0 spiro atoms. The molecule has 0 radical (unpaired) electrons. The van der Waals surface area contributed by atoms with Crippen molar-refractivity contribution in [3.05, 3.63) is 0 Å². The van der Waals surface area contributed by atoms with Gasteiger partial charge in [-0.3, -0.25) is 0 Å². The molecule has 2 rings (SSSR count). The largest absolute Gasteiger partial charge is 0.377 e. The van der Waals surface area contributed by atoms with Crippen molar-refractivity contribution in [3.8, 4) is 0 Å². The van der Waals surface area contributed by atoms with Gasteiger partial charge in [-0.2, -0.15) is 0 Å². The standard InChI is InChI=1S/C14H27NO2/c1-3-15-12-9-13(14(12)16-2)17-10-11-7-5-4-6-8-11/h11-15H,3-10H2,1-2H3. The topological polar surface area (TPSA) is 30.5 Å². The van der Waals surface area contributed by atoms with Crippen molar-refractivity contribution in [1.29, 1.82) is 0 Å². The van der Waals surface area contributed by atoms with Gasteiger partial charge in [-0.1, -0.05) is 26.2 Å². The number of nitrogens with one attached hydrogen (secondary N) is 1. The number of likely N-dealkylation sites (N-methyl/N-ethyl adjacent to an activating group) is 1. The molecule has 0 aromatic rings. The van der Waals surface area contributed by atoms with E-state index in [-0.39, 0.29) is 6.10 Å². The Hall–Kier alpha value is -0.120. The first kappa shape index (κ1) is 13.3. The van der Waals surface area contributed by atoms with Gasteiger partial charge >= 0.3 is 0 Å². The summed E-state index contributed by atoms with van der Waals surface area (Å²) < 4.78 is 11.5. The molecule has 0 bridgehead atoms. The Morgan fingerprint density at radius 1 is 1.18 bits per heavy atom. The average molecular weight is 241 g/mol. The Balaban J connectivity index is 1.65. The van der Waals surface area contributed by atoms with Crippen LogP contribution in [-0.2, 0) is 9.47 Å². The van der Waals surface area contributed by atoms with Crippen LogP contribution in [-0.4, -0.2) is 38.5 Å². The molecule has 0 aromatic heterocycles. The van der Waals surface area contributed by atoms with Crippen molar-refractivity contribution >= 4 is 0 Å². The second-order valence-electron chi connectivity index (χ2n) is 5.48. The number of ether oxygens (including phenoxy) is 2. The monoisotopic (exact) mass is 241 g/mol. The molecule has 2 aliphatic rings. The summed E-state index contributed by atoms with van der Waals surface area (Å²) in [7, 11) is 1.80. The quantitative estimate of drug-likeness (QED) is 0.774. The van der Waals surface area contributed by atoms with Crippen molar-refractivity contribution in [2.45, 2.75) is 63.7 Å². The maximum absolute atomic E-state index is 6.03. The molecule has 3 unspecified atom stereocenters. The van der Waals surface area contributed by atoms with Crippen molar-refractivity contribution < 1.29 is 9.47 Å². The minimum absolute atomic E-state index is 0.263. The zero-order valence-electron chi connectivity index (χ0n) is 11.3. The van der Waals surface area contributed by atoms with Crippen LogP contribution in [0.25, 0.3) is 0 Å². The molecule has 2 fully saturated rings. The molecular formula is C14H27NO2. The minimum atomic E-state index is 0.263. The van der Waals surface area contributed by atoms with Gasteiger partial charge in [-0.15, -0.1) is 0 Å². The van der Waals surface area contributed by atoms with Crippen LogP contribution >= 0.6 is 0 Å². The lowest BCUT2D eigenvalue weighted by Crippen LogP contribution is -2.59. The Morgan fingerprint density at radius 2 is 1.94 bits per heavy atom. The molecular weight excluding hydrogens is 214 g/mol. The van der Waals surface area contributed by atoms with Crippen molar-refractivity contribution in [2.24, 2.45) is 5.92 Å². The number of hydrogen-bond acceptors (Lipinski definition) is 3. The lowest BCUT2D eigenvalue weighted by molar-refractivity contribution is -0.141. The Kier molecular flexibility index (Phi) is 5.26. The van der Waals surface area contributed by atoms with E-state index in [0.29, 0.717) is 12.1 Å². The molecule has 0 heterocycles. The fraction of sp³-hybridized carbons (Fsp3) is 1.00. The van der Waals surface area contributed by atoms with E-state index in [2.05, 4.69) is 12.2 Å². The van der Waals surface area contributed by atoms with Gasteiger partial charge in [0, 0.05) is 19.8 Å². The van der Waals surface area contributed by atoms with Gasteiger partial charge in [0.1, 0.15) is 0 Å². The summed E-state index contributed by atoms with van der Waals surface area (Å²) in [5.74, 6) is 0.805. The molecule has 0 amide bonds. The molecule has 0 aliphatic heterocycles. The van der Waals surface area contributed by atoms with E-state index in [9.17, 15) is 0 Å². The zero-order chi connectivity index (χ0) is 12.1. The van der Waals surface area contributed by atoms with E-state index in [1.807, 2.05) is 0 Å². The first-order chi connectivity index (χ1) is 8.35. The van der Waals surface area contributed by atoms with Crippen LogP contribution in [0.4, 0.5) is 0 Å². The van der Waals surface area contributed by atoms with Crippen molar-refractivity contribution in [3.63, 3.8) is 0 Å². The molecule has 3 heteroatoms. The Labute approximate surface area is 105 Å². The van der Waals surface area contributed by atoms with Crippen LogP contribution in [0, 0.1) is 5.92 Å². The van der Waals surface area contributed by atoms with E-state index in [0.717, 1.165) is 25.5 Å². The summed E-state index contributed by atoms with van der Waals surface area (Å²) in [5, 5.41) is 3.45. The highest BCUT2D eigenvalue weighted by molar-refractivity contribution is 4.97. The van der Waals surface area contributed by atoms with E-state index >= 15 is 0 Å². The lowest BCUT2D eigenvalue weighted by atomic mass is 9.84. The number of methoxy groups -OCH3 is 1. The van der Waals surface area contributed by atoms with Gasteiger partial charge in [0.15, 0.2) is 0 Å². The third-order valence-corrected chi connectivity index (χ3v) is 4.26. The summed E-state index contributed by atoms with van der Waals surface area (Å²) in [6, 6.07) is 0.501. The summed E-state index contributed by atoms with van der Waals surface area (Å²) in [6.45, 7) is 4.10. The van der Waals surface area contributed by atoms with E-state index in [1.54, 1.807) is 7.11 Å². The highest BCUT2D eigenvalue weighted by Crippen LogP contribution is 2.29. The summed E-state index contributed by atoms with van der Waals surface area (Å²) >= 11 is 0. The molecule has 0 saturated heterocycles. The van der Waals surface area contributed by atoms with Gasteiger partial charge in [0.2, 0.25) is 0 Å². The highest BCUT2D eigenvalue weighted by Gasteiger charge is 2.41. The lowest BCUT2D eigenvalue weighted by Gasteiger charge is -2.44. The van der Waals surface area contributed by atoms with Crippen molar-refractivity contribution in [2.75, 3.05) is 20.3 Å². The first-order valence-electron chi connectivity index (χ1n) is 7.23. The molecule has 1 N–H and O–H groups in total. The summed E-state index contributed by atoms with van der Waals surface area (Å²) in [6.07, 6.45) is 8.63. The Bertz CT molecular complexity index is 216. The zero-order valence-corrected chi connectivity index (χ0v) is 11.3. The summed E-state index contributed by atoms with van der Waals surface area (Å²) in [5.41, 5.74) is 0. The number of hydrogen-bond donors (Lipinski definition) is 1. The van der Waals surface area contributed by atoms with Gasteiger partial charge in [-0.05, 0) is 31.7 Å². The molecule has 2 saturated carbocycles. The summed E-state index contributed by atoms with van der Waals surface area (Å²) in [4.78, 5) is 0. The van der Waals surface area contributed by atoms with E-state index in [4.69, 9.17) is 9.47 Å². The van der Waals surface area contributed by atoms with Crippen LogP contribution in [0.3, 0.4) is 0 Å². The van der Waals surface area contributed by atoms with Gasteiger partial charge < -0.3 is 14.8 Å².